The molecule has 0 amide bonds. The minimum Gasteiger partial charge on any atom is -0.491 e. The molecule has 1 saturated heterocycles. The van der Waals surface area contributed by atoms with Crippen molar-refractivity contribution in [1.82, 2.24) is 19.4 Å². The summed E-state index contributed by atoms with van der Waals surface area (Å²) in [6, 6.07) is 7.66. The lowest BCUT2D eigenvalue weighted by atomic mass is 10.1. The van der Waals surface area contributed by atoms with Crippen molar-refractivity contribution in [3.8, 4) is 5.75 Å². The first-order chi connectivity index (χ1) is 14.3. The van der Waals surface area contributed by atoms with Gasteiger partial charge in [-0.1, -0.05) is 12.1 Å². The Balaban J connectivity index is 1.50. The zero-order chi connectivity index (χ0) is 21.4. The molecule has 0 spiro atoms. The number of hydrogen-bond donors (Lipinski definition) is 2. The summed E-state index contributed by atoms with van der Waals surface area (Å²) in [6.45, 7) is 2.65. The number of aliphatic hydroxyl groups excluding tert-OH is 1. The van der Waals surface area contributed by atoms with Gasteiger partial charge >= 0.3 is 0 Å². The molecule has 0 bridgehead atoms. The number of aromatic nitrogens is 3. The average molecular weight is 415 g/mol. The lowest BCUT2D eigenvalue weighted by Gasteiger charge is -2.17. The number of nitrogen functional groups attached to an aromatic ring is 1. The number of aryl methyl sites for hydroxylation is 1. The second-order valence-corrected chi connectivity index (χ2v) is 7.87. The third kappa shape index (κ3) is 3.83. The fourth-order valence-electron chi connectivity index (χ4n) is 3.83. The molecule has 1 aliphatic heterocycles. The zero-order valence-corrected chi connectivity index (χ0v) is 17.2. The standard InChI is InChI=1S/C21H26FN5O3/c1-12-8-27(20-16(12)19(23)24-11-25-20)21-17(22)18(28)15(30-21)10-29-14-6-4-5-13(7-14)9-26(2)3/h4-8,11,15,17-18,21,28H,9-10H2,1-3H3,(H2,23,24,25)/t15-,17+,18-,21-/m1/s1. The predicted molar refractivity (Wildman–Crippen MR) is 111 cm³/mol. The molecule has 3 heterocycles. The molecule has 3 aromatic rings. The molecule has 0 radical (unpaired) electrons. The number of aliphatic hydroxyl groups is 1. The van der Waals surface area contributed by atoms with E-state index in [0.29, 0.717) is 22.6 Å². The number of halogens is 1. The summed E-state index contributed by atoms with van der Waals surface area (Å²) < 4.78 is 28.2. The van der Waals surface area contributed by atoms with Gasteiger partial charge in [0.1, 0.15) is 42.4 Å². The van der Waals surface area contributed by atoms with Gasteiger partial charge in [0.05, 0.1) is 5.39 Å². The Bertz CT molecular complexity index is 1040. The normalized spacial score (nSPS) is 24.1. The maximum Gasteiger partial charge on any atom is 0.173 e. The molecule has 1 aliphatic rings. The summed E-state index contributed by atoms with van der Waals surface area (Å²) in [6.07, 6.45) is -1.76. The number of nitrogens with two attached hydrogens (primary N) is 1. The van der Waals surface area contributed by atoms with Gasteiger partial charge in [0, 0.05) is 12.7 Å². The van der Waals surface area contributed by atoms with Crippen molar-refractivity contribution in [3.63, 3.8) is 0 Å². The topological polar surface area (TPSA) is 98.7 Å². The van der Waals surface area contributed by atoms with Crippen LogP contribution in [-0.4, -0.2) is 63.6 Å². The molecular formula is C21H26FN5O3. The molecule has 9 heteroatoms. The van der Waals surface area contributed by atoms with Crippen molar-refractivity contribution >= 4 is 16.9 Å². The number of hydrogen-bond acceptors (Lipinski definition) is 7. The average Bonchev–Trinajstić information content (AvgIpc) is 3.18. The molecule has 30 heavy (non-hydrogen) atoms. The first kappa shape index (κ1) is 20.5. The number of alkyl halides is 1. The highest BCUT2D eigenvalue weighted by Crippen LogP contribution is 2.36. The number of anilines is 1. The zero-order valence-electron chi connectivity index (χ0n) is 17.2. The minimum absolute atomic E-state index is 0.0266. The van der Waals surface area contributed by atoms with Gasteiger partial charge in [0.25, 0.3) is 0 Å². The molecular weight excluding hydrogens is 389 g/mol. The van der Waals surface area contributed by atoms with Gasteiger partial charge in [-0.15, -0.1) is 0 Å². The van der Waals surface area contributed by atoms with E-state index in [-0.39, 0.29) is 6.61 Å². The van der Waals surface area contributed by atoms with Gasteiger partial charge in [-0.05, 0) is 44.3 Å². The molecule has 0 saturated carbocycles. The van der Waals surface area contributed by atoms with E-state index in [2.05, 4.69) is 14.9 Å². The summed E-state index contributed by atoms with van der Waals surface area (Å²) in [5.41, 5.74) is 8.32. The molecule has 3 N–H and O–H groups in total. The fraction of sp³-hybridized carbons (Fsp3) is 0.429. The van der Waals surface area contributed by atoms with Crippen LogP contribution in [0.3, 0.4) is 0 Å². The first-order valence-electron chi connectivity index (χ1n) is 9.77. The Labute approximate surface area is 174 Å². The minimum atomic E-state index is -1.63. The Morgan fingerprint density at radius 1 is 1.33 bits per heavy atom. The lowest BCUT2D eigenvalue weighted by molar-refractivity contribution is -0.0411. The Hall–Kier alpha value is -2.75. The third-order valence-corrected chi connectivity index (χ3v) is 5.21. The van der Waals surface area contributed by atoms with Gasteiger partial charge in [-0.2, -0.15) is 0 Å². The summed E-state index contributed by atoms with van der Waals surface area (Å²) in [4.78, 5) is 10.3. The van der Waals surface area contributed by atoms with E-state index in [9.17, 15) is 9.50 Å². The lowest BCUT2D eigenvalue weighted by Crippen LogP contribution is -2.32. The van der Waals surface area contributed by atoms with Crippen LogP contribution < -0.4 is 10.5 Å². The van der Waals surface area contributed by atoms with Crippen molar-refractivity contribution in [2.24, 2.45) is 0 Å². The maximum atomic E-state index is 15.0. The van der Waals surface area contributed by atoms with Gasteiger partial charge in [-0.25, -0.2) is 14.4 Å². The predicted octanol–water partition coefficient (Wildman–Crippen LogP) is 2.06. The van der Waals surface area contributed by atoms with Crippen LogP contribution in [0.15, 0.2) is 36.8 Å². The number of fused-ring (bicyclic) bond motifs is 1. The van der Waals surface area contributed by atoms with E-state index in [1.54, 1.807) is 10.8 Å². The van der Waals surface area contributed by atoms with Crippen molar-refractivity contribution in [2.75, 3.05) is 26.4 Å². The third-order valence-electron chi connectivity index (χ3n) is 5.21. The summed E-state index contributed by atoms with van der Waals surface area (Å²) in [5.74, 6) is 0.967. The summed E-state index contributed by atoms with van der Waals surface area (Å²) >= 11 is 0. The quantitative estimate of drug-likeness (QED) is 0.636. The van der Waals surface area contributed by atoms with Crippen LogP contribution in [0.4, 0.5) is 10.2 Å². The van der Waals surface area contributed by atoms with Crippen molar-refractivity contribution in [3.05, 3.63) is 47.9 Å². The van der Waals surface area contributed by atoms with E-state index in [1.807, 2.05) is 45.3 Å². The van der Waals surface area contributed by atoms with Gasteiger partial charge < -0.3 is 29.8 Å². The van der Waals surface area contributed by atoms with Crippen LogP contribution >= 0.6 is 0 Å². The number of benzene rings is 1. The number of ether oxygens (including phenoxy) is 2. The molecule has 160 valence electrons. The van der Waals surface area contributed by atoms with Crippen LogP contribution in [0.2, 0.25) is 0 Å². The molecule has 0 aliphatic carbocycles. The highest BCUT2D eigenvalue weighted by atomic mass is 19.1. The second kappa shape index (κ2) is 8.17. The molecule has 1 fully saturated rings. The van der Waals surface area contributed by atoms with Gasteiger partial charge in [0.2, 0.25) is 0 Å². The number of nitrogens with zero attached hydrogens (tertiary/aromatic N) is 4. The van der Waals surface area contributed by atoms with Crippen molar-refractivity contribution in [2.45, 2.75) is 38.1 Å². The van der Waals surface area contributed by atoms with Crippen LogP contribution in [0.1, 0.15) is 17.4 Å². The van der Waals surface area contributed by atoms with Crippen LogP contribution in [-0.2, 0) is 11.3 Å². The first-order valence-corrected chi connectivity index (χ1v) is 9.77. The van der Waals surface area contributed by atoms with E-state index in [0.717, 1.165) is 17.7 Å². The maximum absolute atomic E-state index is 15.0. The van der Waals surface area contributed by atoms with Crippen LogP contribution in [0, 0.1) is 6.92 Å². The van der Waals surface area contributed by atoms with Gasteiger partial charge in [0.15, 0.2) is 12.4 Å². The molecule has 2 aromatic heterocycles. The Morgan fingerprint density at radius 3 is 2.90 bits per heavy atom. The van der Waals surface area contributed by atoms with Crippen LogP contribution in [0.5, 0.6) is 5.75 Å². The summed E-state index contributed by atoms with van der Waals surface area (Å²) in [5, 5.41) is 11.1. The largest absolute Gasteiger partial charge is 0.491 e. The molecule has 4 atom stereocenters. The highest BCUT2D eigenvalue weighted by Gasteiger charge is 2.46. The van der Waals surface area contributed by atoms with Crippen molar-refractivity contribution in [1.29, 1.82) is 0 Å². The highest BCUT2D eigenvalue weighted by molar-refractivity contribution is 5.89. The van der Waals surface area contributed by atoms with E-state index < -0.39 is 24.6 Å². The van der Waals surface area contributed by atoms with E-state index in [4.69, 9.17) is 15.2 Å². The van der Waals surface area contributed by atoms with E-state index >= 15 is 0 Å². The van der Waals surface area contributed by atoms with Gasteiger partial charge in [-0.3, -0.25) is 0 Å². The fourth-order valence-corrected chi connectivity index (χ4v) is 3.83. The monoisotopic (exact) mass is 415 g/mol. The summed E-state index contributed by atoms with van der Waals surface area (Å²) in [7, 11) is 3.98. The Kier molecular flexibility index (Phi) is 5.59. The second-order valence-electron chi connectivity index (χ2n) is 7.87. The van der Waals surface area contributed by atoms with Crippen LogP contribution in [0.25, 0.3) is 11.0 Å². The molecule has 0 unspecified atom stereocenters. The van der Waals surface area contributed by atoms with E-state index in [1.165, 1.54) is 6.33 Å². The van der Waals surface area contributed by atoms with Crippen molar-refractivity contribution < 1.29 is 19.0 Å². The Morgan fingerprint density at radius 2 is 2.13 bits per heavy atom. The molecule has 8 nitrogen and oxygen atoms in total. The molecule has 4 rings (SSSR count). The smallest absolute Gasteiger partial charge is 0.173 e. The molecule has 1 aromatic carbocycles. The SMILES string of the molecule is Cc1cn([C@@H]2O[C@H](COc3cccc(CN(C)C)c3)[C@@H](O)[C@@H]2F)c2ncnc(N)c12. The number of rotatable bonds is 6.